The van der Waals surface area contributed by atoms with E-state index < -0.39 is 7.82 Å². The van der Waals surface area contributed by atoms with Gasteiger partial charge in [-0.3, -0.25) is 0 Å². The number of phosphoric acid groups is 1. The summed E-state index contributed by atoms with van der Waals surface area (Å²) in [4.78, 5) is 30.9. The van der Waals surface area contributed by atoms with Crippen LogP contribution in [0.2, 0.25) is 0 Å². The van der Waals surface area contributed by atoms with E-state index in [1.54, 1.807) is 24.3 Å². The van der Waals surface area contributed by atoms with Crippen molar-refractivity contribution in [2.75, 3.05) is 0 Å². The number of para-hydroxylation sites is 1. The van der Waals surface area contributed by atoms with Gasteiger partial charge in [-0.25, -0.2) is 4.57 Å². The Morgan fingerprint density at radius 2 is 1.62 bits per heavy atom. The zero-order valence-electron chi connectivity index (χ0n) is 13.1. The molecule has 0 aliphatic rings. The molecule has 0 saturated carbocycles. The van der Waals surface area contributed by atoms with Crippen molar-refractivity contribution in [1.29, 1.82) is 0 Å². The van der Waals surface area contributed by atoms with Crippen molar-refractivity contribution in [2.45, 2.75) is 32.6 Å². The number of benzene rings is 1. The molecule has 24 heavy (non-hydrogen) atoms. The van der Waals surface area contributed by atoms with Gasteiger partial charge in [-0.2, -0.15) is 0 Å². The molecule has 0 spiro atoms. The average Bonchev–Trinajstić information content (AvgIpc) is 2.50. The topological polar surface area (TPSA) is 133 Å². The largest absolute Gasteiger partial charge is 0.466 e. The van der Waals surface area contributed by atoms with Crippen molar-refractivity contribution in [3.63, 3.8) is 0 Å². The highest BCUT2D eigenvalue weighted by Gasteiger charge is 2.00. The molecule has 0 aliphatic carbocycles. The highest BCUT2D eigenvalue weighted by molar-refractivity contribution is 7.45. The molecule has 0 radical (unpaired) electrons. The standard InChI is InChI=1S/C13H18O6.H3O4P/c1-3-4-6-9-12(2)14-16-18-19-17-15-13-10-7-5-8-11-13;1-5(2,3)4/h5,7-8,10-11H,2-4,6,9H2,1H3;(H3,1,2,3,4). The quantitative estimate of drug-likeness (QED) is 0.176. The van der Waals surface area contributed by atoms with Gasteiger partial charge in [-0.15, -0.1) is 0 Å². The third kappa shape index (κ3) is 18.6. The fourth-order valence-electron chi connectivity index (χ4n) is 1.23. The monoisotopic (exact) mass is 368 g/mol. The Balaban J connectivity index is 0.000000922. The van der Waals surface area contributed by atoms with E-state index in [2.05, 4.69) is 43.4 Å². The lowest BCUT2D eigenvalue weighted by Gasteiger charge is -2.04. The molecule has 0 saturated heterocycles. The summed E-state index contributed by atoms with van der Waals surface area (Å²) in [6.45, 7) is 5.75. The second kappa shape index (κ2) is 13.9. The van der Waals surface area contributed by atoms with Crippen LogP contribution in [0.5, 0.6) is 5.75 Å². The lowest BCUT2D eigenvalue weighted by molar-refractivity contribution is -0.741. The Morgan fingerprint density at radius 1 is 1.04 bits per heavy atom. The van der Waals surface area contributed by atoms with Crippen LogP contribution in [0.15, 0.2) is 42.7 Å². The van der Waals surface area contributed by atoms with Crippen molar-refractivity contribution < 1.29 is 49.2 Å². The molecule has 0 unspecified atom stereocenters. The van der Waals surface area contributed by atoms with Gasteiger partial charge in [-0.1, -0.05) is 44.5 Å². The zero-order valence-corrected chi connectivity index (χ0v) is 14.0. The van der Waals surface area contributed by atoms with E-state index in [1.165, 1.54) is 0 Å². The minimum atomic E-state index is -4.64. The lowest BCUT2D eigenvalue weighted by atomic mass is 10.2. The average molecular weight is 368 g/mol. The maximum absolute atomic E-state index is 8.88. The molecule has 138 valence electrons. The SMILES string of the molecule is C=C(CCCCC)OOOOOOc1ccccc1.O=P(O)(O)O. The number of allylic oxidation sites excluding steroid dienone is 1. The van der Waals surface area contributed by atoms with Crippen molar-refractivity contribution in [3.05, 3.63) is 42.7 Å². The van der Waals surface area contributed by atoms with Crippen LogP contribution in [0.25, 0.3) is 0 Å². The minimum absolute atomic E-state index is 0.445. The summed E-state index contributed by atoms with van der Waals surface area (Å²) in [5, 5.41) is 16.7. The molecular weight excluding hydrogens is 347 g/mol. The van der Waals surface area contributed by atoms with Gasteiger partial charge in [0.05, 0.1) is 0 Å². The Bertz CT molecular complexity index is 467. The van der Waals surface area contributed by atoms with Crippen molar-refractivity contribution in [3.8, 4) is 5.75 Å². The van der Waals surface area contributed by atoms with Crippen LogP contribution in [-0.4, -0.2) is 14.7 Å². The van der Waals surface area contributed by atoms with Crippen molar-refractivity contribution >= 4 is 7.82 Å². The molecule has 0 heterocycles. The first kappa shape index (κ1) is 22.5. The first-order valence-corrected chi connectivity index (χ1v) is 8.41. The molecule has 1 rings (SSSR count). The molecule has 3 N–H and O–H groups in total. The Morgan fingerprint density at radius 3 is 2.21 bits per heavy atom. The van der Waals surface area contributed by atoms with Gasteiger partial charge in [0.2, 0.25) is 0 Å². The fraction of sp³-hybridized carbons (Fsp3) is 0.385. The second-order valence-electron chi connectivity index (χ2n) is 4.26. The van der Waals surface area contributed by atoms with Crippen LogP contribution in [0, 0.1) is 0 Å². The predicted octanol–water partition coefficient (Wildman–Crippen LogP) is 2.89. The maximum Gasteiger partial charge on any atom is 0.466 e. The van der Waals surface area contributed by atoms with Crippen molar-refractivity contribution in [2.24, 2.45) is 0 Å². The smallest absolute Gasteiger partial charge is 0.311 e. The van der Waals surface area contributed by atoms with Gasteiger partial charge in [0.15, 0.2) is 5.75 Å². The van der Waals surface area contributed by atoms with Crippen LogP contribution < -0.4 is 4.89 Å². The highest BCUT2D eigenvalue weighted by Crippen LogP contribution is 2.25. The molecule has 0 aliphatic heterocycles. The summed E-state index contributed by atoms with van der Waals surface area (Å²) < 4.78 is 8.88. The summed E-state index contributed by atoms with van der Waals surface area (Å²) in [5.41, 5.74) is 0. The van der Waals surface area contributed by atoms with Crippen LogP contribution in [0.3, 0.4) is 0 Å². The first-order chi connectivity index (χ1) is 11.3. The lowest BCUT2D eigenvalue weighted by Crippen LogP contribution is -2.02. The molecule has 1 aromatic rings. The van der Waals surface area contributed by atoms with E-state index >= 15 is 0 Å². The third-order valence-electron chi connectivity index (χ3n) is 2.17. The van der Waals surface area contributed by atoms with Crippen LogP contribution in [0.1, 0.15) is 32.6 Å². The van der Waals surface area contributed by atoms with E-state index in [0.717, 1.165) is 19.3 Å². The fourth-order valence-corrected chi connectivity index (χ4v) is 1.23. The molecule has 0 bridgehead atoms. The number of rotatable bonds is 11. The first-order valence-electron chi connectivity index (χ1n) is 6.85. The van der Waals surface area contributed by atoms with Crippen LogP contribution in [-0.2, 0) is 29.6 Å². The second-order valence-corrected chi connectivity index (χ2v) is 5.29. The number of hydrogen-bond acceptors (Lipinski definition) is 7. The van der Waals surface area contributed by atoms with E-state index in [9.17, 15) is 0 Å². The summed E-state index contributed by atoms with van der Waals surface area (Å²) in [5.74, 6) is 0.900. The van der Waals surface area contributed by atoms with Gasteiger partial charge in [0.1, 0.15) is 5.76 Å². The summed E-state index contributed by atoms with van der Waals surface area (Å²) in [6.07, 6.45) is 3.90. The normalized spacial score (nSPS) is 10.5. The molecule has 10 nitrogen and oxygen atoms in total. The van der Waals surface area contributed by atoms with E-state index in [0.29, 0.717) is 17.9 Å². The Hall–Kier alpha value is -1.49. The van der Waals surface area contributed by atoms with Gasteiger partial charge in [0.25, 0.3) is 0 Å². The molecule has 0 aromatic heterocycles. The molecule has 0 atom stereocenters. The van der Waals surface area contributed by atoms with Gasteiger partial charge >= 0.3 is 7.82 Å². The number of hydrogen-bond donors (Lipinski definition) is 3. The third-order valence-corrected chi connectivity index (χ3v) is 2.17. The summed E-state index contributed by atoms with van der Waals surface area (Å²) in [6, 6.07) is 8.75. The van der Waals surface area contributed by atoms with Crippen molar-refractivity contribution in [1.82, 2.24) is 0 Å². The zero-order chi connectivity index (χ0) is 18.3. The summed E-state index contributed by atoms with van der Waals surface area (Å²) in [7, 11) is -4.64. The van der Waals surface area contributed by atoms with E-state index in [4.69, 9.17) is 19.2 Å². The Labute approximate surface area is 139 Å². The minimum Gasteiger partial charge on any atom is -0.311 e. The molecule has 11 heteroatoms. The Kier molecular flexibility index (Phi) is 13.0. The predicted molar refractivity (Wildman–Crippen MR) is 80.0 cm³/mol. The van der Waals surface area contributed by atoms with E-state index in [1.807, 2.05) is 6.07 Å². The van der Waals surface area contributed by atoms with Crippen LogP contribution in [0.4, 0.5) is 0 Å². The number of unbranched alkanes of at least 4 members (excludes halogenated alkanes) is 2. The highest BCUT2D eigenvalue weighted by atomic mass is 31.2. The molecule has 0 amide bonds. The van der Waals surface area contributed by atoms with Gasteiger partial charge in [-0.05, 0) is 18.6 Å². The van der Waals surface area contributed by atoms with E-state index in [-0.39, 0.29) is 0 Å². The molecular formula is C13H21O10P. The molecule has 1 aromatic carbocycles. The molecule has 0 fully saturated rings. The van der Waals surface area contributed by atoms with Gasteiger partial charge < -0.3 is 24.5 Å². The maximum atomic E-state index is 8.88. The summed E-state index contributed by atoms with van der Waals surface area (Å²) >= 11 is 0. The van der Waals surface area contributed by atoms with Crippen LogP contribution >= 0.6 is 7.82 Å². The van der Waals surface area contributed by atoms with Gasteiger partial charge in [0, 0.05) is 26.6 Å².